The number of hydrogen-bond acceptors (Lipinski definition) is 9. The van der Waals surface area contributed by atoms with Crippen LogP contribution in [0, 0.1) is 6.92 Å². The fourth-order valence-corrected chi connectivity index (χ4v) is 8.98. The summed E-state index contributed by atoms with van der Waals surface area (Å²) in [6.45, 7) is 5.15. The molecular formula is C31H33Cl2F4N7O2. The summed E-state index contributed by atoms with van der Waals surface area (Å²) in [6.07, 6.45) is -2.12. The molecule has 0 unspecified atom stereocenters. The van der Waals surface area contributed by atoms with Crippen LogP contribution in [0.3, 0.4) is 0 Å². The van der Waals surface area contributed by atoms with Crippen molar-refractivity contribution in [1.29, 1.82) is 0 Å². The number of alkyl halides is 4. The number of nitrogen functional groups attached to an aromatic ring is 1. The number of nitrogens with two attached hydrogens (primary N) is 1. The average molecular weight is 683 g/mol. The first kappa shape index (κ1) is 30.5. The van der Waals surface area contributed by atoms with E-state index in [0.717, 1.165) is 38.3 Å². The van der Waals surface area contributed by atoms with Gasteiger partial charge in [0.05, 0.1) is 38.6 Å². The van der Waals surface area contributed by atoms with E-state index in [0.29, 0.717) is 30.7 Å². The number of nitrogens with one attached hydrogen (secondary N) is 1. The van der Waals surface area contributed by atoms with E-state index >= 15 is 0 Å². The zero-order valence-electron chi connectivity index (χ0n) is 25.2. The van der Waals surface area contributed by atoms with Crippen LogP contribution in [0.15, 0.2) is 6.07 Å². The summed E-state index contributed by atoms with van der Waals surface area (Å²) in [6, 6.07) is 1.34. The van der Waals surface area contributed by atoms with Gasteiger partial charge in [0.1, 0.15) is 35.6 Å². The molecule has 0 radical (unpaired) electrons. The summed E-state index contributed by atoms with van der Waals surface area (Å²) in [4.78, 5) is 18.5. The summed E-state index contributed by atoms with van der Waals surface area (Å²) in [5, 5.41) is 3.74. The third-order valence-corrected chi connectivity index (χ3v) is 11.4. The van der Waals surface area contributed by atoms with Gasteiger partial charge in [0.15, 0.2) is 0 Å². The molecule has 0 aliphatic carbocycles. The maximum absolute atomic E-state index is 14.6. The predicted molar refractivity (Wildman–Crippen MR) is 167 cm³/mol. The third kappa shape index (κ3) is 4.59. The highest BCUT2D eigenvalue weighted by atomic mass is 35.5. The Morgan fingerprint density at radius 2 is 1.98 bits per heavy atom. The molecule has 2 bridgehead atoms. The first-order chi connectivity index (χ1) is 21.8. The largest absolute Gasteiger partial charge is 0.472 e. The number of nitrogens with zero attached hydrogens (tertiary/aromatic N) is 5. The number of halogens is 6. The fraction of sp³-hybridized carbons (Fsp3) is 0.581. The van der Waals surface area contributed by atoms with Gasteiger partial charge in [0.25, 0.3) is 0 Å². The number of hydrogen-bond donors (Lipinski definition) is 2. The molecule has 246 valence electrons. The first-order valence-electron chi connectivity index (χ1n) is 15.6. The number of fused-ring (bicyclic) bond motifs is 6. The van der Waals surface area contributed by atoms with Gasteiger partial charge >= 0.3 is 12.2 Å². The molecule has 5 aliphatic heterocycles. The fourth-order valence-electron chi connectivity index (χ4n) is 8.55. The Hall–Kier alpha value is -2.87. The predicted octanol–water partition coefficient (Wildman–Crippen LogP) is 5.95. The SMILES string of the molecule is Cc1c(Cl)c(N)cc(-c2nc3c4c(nc(OC[C@@]56CCCN5C[C@H](F)C6)nc4c2Cl)N2C[C@H]4CC[C@H](N4)[C@H]2[C@H](C)O3)c1C(F)(F)F. The summed E-state index contributed by atoms with van der Waals surface area (Å²) >= 11 is 13.2. The number of benzene rings is 1. The van der Waals surface area contributed by atoms with E-state index in [9.17, 15) is 17.6 Å². The van der Waals surface area contributed by atoms with Crippen molar-refractivity contribution in [2.24, 2.45) is 0 Å². The molecule has 0 spiro atoms. The van der Waals surface area contributed by atoms with Crippen molar-refractivity contribution in [1.82, 2.24) is 25.2 Å². The first-order valence-corrected chi connectivity index (χ1v) is 16.4. The van der Waals surface area contributed by atoms with Gasteiger partial charge in [-0.1, -0.05) is 23.2 Å². The lowest BCUT2D eigenvalue weighted by atomic mass is 9.95. The van der Waals surface area contributed by atoms with Crippen LogP contribution in [0.1, 0.15) is 50.2 Å². The topological polar surface area (TPSA) is 102 Å². The highest BCUT2D eigenvalue weighted by Gasteiger charge is 2.50. The molecule has 3 aromatic rings. The van der Waals surface area contributed by atoms with Crippen LogP contribution in [0.25, 0.3) is 22.2 Å². The number of anilines is 2. The van der Waals surface area contributed by atoms with E-state index in [4.69, 9.17) is 43.4 Å². The highest BCUT2D eigenvalue weighted by molar-refractivity contribution is 6.38. The molecule has 7 heterocycles. The molecule has 0 amide bonds. The lowest BCUT2D eigenvalue weighted by molar-refractivity contribution is -0.137. The Labute approximate surface area is 272 Å². The van der Waals surface area contributed by atoms with E-state index in [1.54, 1.807) is 0 Å². The van der Waals surface area contributed by atoms with E-state index < -0.39 is 29.6 Å². The van der Waals surface area contributed by atoms with Crippen molar-refractivity contribution in [3.05, 3.63) is 27.2 Å². The number of piperazine rings is 1. The second-order valence-electron chi connectivity index (χ2n) is 13.3. The lowest BCUT2D eigenvalue weighted by Gasteiger charge is -2.42. The molecule has 4 saturated heterocycles. The third-order valence-electron chi connectivity index (χ3n) is 10.5. The summed E-state index contributed by atoms with van der Waals surface area (Å²) in [7, 11) is 0. The quantitative estimate of drug-likeness (QED) is 0.255. The zero-order valence-corrected chi connectivity index (χ0v) is 26.7. The molecule has 3 N–H and O–H groups in total. The normalized spacial score (nSPS) is 30.3. The van der Waals surface area contributed by atoms with Gasteiger partial charge in [0, 0.05) is 37.2 Å². The van der Waals surface area contributed by atoms with Gasteiger partial charge in [-0.3, -0.25) is 4.90 Å². The van der Waals surface area contributed by atoms with Gasteiger partial charge in [-0.05, 0) is 57.7 Å². The highest BCUT2D eigenvalue weighted by Crippen LogP contribution is 2.50. The standard InChI is InChI=1S/C31H33Cl2F4N7O2/c1-13-21(31(35,36)37)17(8-18(38)22(13)32)24-23(33)25-20-27(42-29(41-25)45-12-30-6-3-7-43(30)10-15(34)9-30)44-11-16-4-5-19(39-16)26(44)14(2)46-28(20)40-24/h8,14-16,19,26,39H,3-7,9-12,38H2,1-2H3/t14-,15+,16+,19-,26+,30-/m0/s1. The molecule has 1 aromatic carbocycles. The molecule has 46 heavy (non-hydrogen) atoms. The van der Waals surface area contributed by atoms with Gasteiger partial charge < -0.3 is 25.4 Å². The molecular weight excluding hydrogens is 649 g/mol. The molecule has 0 saturated carbocycles. The van der Waals surface area contributed by atoms with Crippen LogP contribution >= 0.6 is 23.2 Å². The van der Waals surface area contributed by atoms with Gasteiger partial charge in [-0.2, -0.15) is 23.1 Å². The number of pyridine rings is 1. The Morgan fingerprint density at radius 3 is 2.76 bits per heavy atom. The van der Waals surface area contributed by atoms with Crippen molar-refractivity contribution in [3.8, 4) is 23.1 Å². The van der Waals surface area contributed by atoms with E-state index in [1.807, 2.05) is 6.92 Å². The van der Waals surface area contributed by atoms with Crippen LogP contribution < -0.4 is 25.4 Å². The molecule has 6 atom stereocenters. The molecule has 2 aromatic heterocycles. The van der Waals surface area contributed by atoms with E-state index in [2.05, 4.69) is 25.1 Å². The minimum absolute atomic E-state index is 0.0121. The minimum atomic E-state index is -4.79. The van der Waals surface area contributed by atoms with Gasteiger partial charge in [0.2, 0.25) is 5.88 Å². The molecule has 8 rings (SSSR count). The summed E-state index contributed by atoms with van der Waals surface area (Å²) in [5.41, 5.74) is 3.96. The Kier molecular flexibility index (Phi) is 7.00. The van der Waals surface area contributed by atoms with Crippen molar-refractivity contribution in [2.45, 2.75) is 88.1 Å². The average Bonchev–Trinajstić information content (AvgIpc) is 3.63. The van der Waals surface area contributed by atoms with Gasteiger partial charge in [-0.15, -0.1) is 0 Å². The molecule has 15 heteroatoms. The molecule has 4 fully saturated rings. The summed E-state index contributed by atoms with van der Waals surface area (Å²) < 4.78 is 71.0. The molecule has 9 nitrogen and oxygen atoms in total. The van der Waals surface area contributed by atoms with Crippen LogP contribution in [0.4, 0.5) is 29.1 Å². The lowest BCUT2D eigenvalue weighted by Crippen LogP contribution is -2.62. The Bertz CT molecular complexity index is 1760. The van der Waals surface area contributed by atoms with Gasteiger partial charge in [-0.25, -0.2) is 9.37 Å². The second-order valence-corrected chi connectivity index (χ2v) is 14.1. The van der Waals surface area contributed by atoms with Crippen LogP contribution in [0.2, 0.25) is 10.0 Å². The maximum Gasteiger partial charge on any atom is 0.417 e. The monoisotopic (exact) mass is 681 g/mol. The zero-order chi connectivity index (χ0) is 32.3. The summed E-state index contributed by atoms with van der Waals surface area (Å²) in [5.74, 6) is 0.576. The maximum atomic E-state index is 14.6. The van der Waals surface area contributed by atoms with Crippen LogP contribution in [0.5, 0.6) is 11.9 Å². The van der Waals surface area contributed by atoms with Crippen molar-refractivity contribution < 1.29 is 27.0 Å². The minimum Gasteiger partial charge on any atom is -0.472 e. The van der Waals surface area contributed by atoms with Crippen LogP contribution in [-0.2, 0) is 6.18 Å². The van der Waals surface area contributed by atoms with E-state index in [-0.39, 0.29) is 74.7 Å². The van der Waals surface area contributed by atoms with Crippen molar-refractivity contribution >= 4 is 45.6 Å². The smallest absolute Gasteiger partial charge is 0.417 e. The number of ether oxygens (including phenoxy) is 2. The Morgan fingerprint density at radius 1 is 1.17 bits per heavy atom. The molecule has 5 aliphatic rings. The number of rotatable bonds is 4. The van der Waals surface area contributed by atoms with Crippen molar-refractivity contribution in [3.63, 3.8) is 0 Å². The van der Waals surface area contributed by atoms with Crippen molar-refractivity contribution in [2.75, 3.05) is 36.9 Å². The number of aromatic nitrogens is 3. The van der Waals surface area contributed by atoms with Crippen LogP contribution in [-0.4, -0.2) is 82.0 Å². The van der Waals surface area contributed by atoms with E-state index in [1.165, 1.54) is 6.92 Å². The Balaban J connectivity index is 1.33. The second kappa shape index (κ2) is 10.6.